The first-order valence-electron chi connectivity index (χ1n) is 7.20. The number of rotatable bonds is 4. The Morgan fingerprint density at radius 3 is 2.59 bits per heavy atom. The molecule has 122 valence electrons. The average Bonchev–Trinajstić information content (AvgIpc) is 2.44. The van der Waals surface area contributed by atoms with Gasteiger partial charge in [0.15, 0.2) is 6.10 Å². The smallest absolute Gasteiger partial charge is 0.260 e. The van der Waals surface area contributed by atoms with Crippen molar-refractivity contribution in [3.8, 4) is 5.75 Å². The highest BCUT2D eigenvalue weighted by atomic mass is 35.5. The fourth-order valence-electron chi connectivity index (χ4n) is 2.34. The van der Waals surface area contributed by atoms with Gasteiger partial charge in [-0.2, -0.15) is 0 Å². The number of benzene rings is 1. The highest BCUT2D eigenvalue weighted by Crippen LogP contribution is 2.23. The molecule has 0 aliphatic carbocycles. The highest BCUT2D eigenvalue weighted by Gasteiger charge is 2.26. The second-order valence-electron chi connectivity index (χ2n) is 5.60. The first-order chi connectivity index (χ1) is 10.3. The van der Waals surface area contributed by atoms with Crippen molar-refractivity contribution in [1.29, 1.82) is 0 Å². The Hall–Kier alpha value is -1.27. The van der Waals surface area contributed by atoms with Gasteiger partial charge in [-0.05, 0) is 50.5 Å². The topological polar surface area (TPSA) is 72.5 Å². The molecule has 0 spiro atoms. The maximum Gasteiger partial charge on any atom is 0.260 e. The zero-order chi connectivity index (χ0) is 16.3. The van der Waals surface area contributed by atoms with Gasteiger partial charge < -0.3 is 10.1 Å². The number of halogens is 1. The second kappa shape index (κ2) is 6.87. The first-order valence-corrected chi connectivity index (χ1v) is 9.40. The lowest BCUT2D eigenvalue weighted by molar-refractivity contribution is -0.128. The Balaban J connectivity index is 1.90. The lowest BCUT2D eigenvalue weighted by Crippen LogP contribution is -2.45. The molecule has 22 heavy (non-hydrogen) atoms. The molecule has 0 bridgehead atoms. The van der Waals surface area contributed by atoms with Crippen molar-refractivity contribution in [3.05, 3.63) is 28.8 Å². The third-order valence-electron chi connectivity index (χ3n) is 3.71. The average molecular weight is 346 g/mol. The van der Waals surface area contributed by atoms with Crippen LogP contribution in [0.5, 0.6) is 5.75 Å². The van der Waals surface area contributed by atoms with E-state index in [1.807, 2.05) is 6.92 Å². The van der Waals surface area contributed by atoms with Crippen molar-refractivity contribution in [2.75, 3.05) is 11.5 Å². The standard InChI is InChI=1S/C15H20ClNO4S/c1-10-9-12(16)3-4-14(10)21-11(2)15(18)17-13-5-7-22(19,20)8-6-13/h3-4,9,11,13H,5-8H2,1-2H3,(H,17,18). The van der Waals surface area contributed by atoms with Crippen LogP contribution in [-0.2, 0) is 14.6 Å². The van der Waals surface area contributed by atoms with Crippen molar-refractivity contribution in [3.63, 3.8) is 0 Å². The number of amides is 1. The Morgan fingerprint density at radius 1 is 1.36 bits per heavy atom. The largest absolute Gasteiger partial charge is 0.481 e. The van der Waals surface area contributed by atoms with E-state index in [4.69, 9.17) is 16.3 Å². The van der Waals surface area contributed by atoms with Gasteiger partial charge in [0.25, 0.3) is 5.91 Å². The molecule has 1 N–H and O–H groups in total. The Kier molecular flexibility index (Phi) is 5.34. The SMILES string of the molecule is Cc1cc(Cl)ccc1OC(C)C(=O)NC1CCS(=O)(=O)CC1. The van der Waals surface area contributed by atoms with Gasteiger partial charge in [-0.3, -0.25) is 4.79 Å². The molecule has 1 aliphatic rings. The highest BCUT2D eigenvalue weighted by molar-refractivity contribution is 7.91. The Bertz CT molecular complexity index is 646. The molecule has 5 nitrogen and oxygen atoms in total. The maximum atomic E-state index is 12.1. The summed E-state index contributed by atoms with van der Waals surface area (Å²) in [5.41, 5.74) is 0.857. The van der Waals surface area contributed by atoms with Gasteiger partial charge in [0.1, 0.15) is 15.6 Å². The molecule has 1 aromatic carbocycles. The lowest BCUT2D eigenvalue weighted by atomic mass is 10.1. The molecular formula is C15H20ClNO4S. The first kappa shape index (κ1) is 17.1. The number of hydrogen-bond acceptors (Lipinski definition) is 4. The van der Waals surface area contributed by atoms with E-state index in [2.05, 4.69) is 5.32 Å². The number of sulfone groups is 1. The minimum absolute atomic E-state index is 0.103. The summed E-state index contributed by atoms with van der Waals surface area (Å²) in [6, 6.07) is 5.11. The van der Waals surface area contributed by atoms with Crippen molar-refractivity contribution >= 4 is 27.3 Å². The summed E-state index contributed by atoms with van der Waals surface area (Å²) >= 11 is 5.88. The van der Waals surface area contributed by atoms with E-state index in [1.165, 1.54) is 0 Å². The molecule has 1 fully saturated rings. The van der Waals surface area contributed by atoms with Crippen molar-refractivity contribution in [2.24, 2.45) is 0 Å². The lowest BCUT2D eigenvalue weighted by Gasteiger charge is -2.25. The van der Waals surface area contributed by atoms with Crippen molar-refractivity contribution < 1.29 is 17.9 Å². The van der Waals surface area contributed by atoms with Gasteiger partial charge in [0, 0.05) is 11.1 Å². The predicted molar refractivity (Wildman–Crippen MR) is 86.1 cm³/mol. The van der Waals surface area contributed by atoms with E-state index in [-0.39, 0.29) is 23.5 Å². The quantitative estimate of drug-likeness (QED) is 0.907. The zero-order valence-electron chi connectivity index (χ0n) is 12.6. The second-order valence-corrected chi connectivity index (χ2v) is 8.34. The van der Waals surface area contributed by atoms with E-state index in [0.29, 0.717) is 23.6 Å². The van der Waals surface area contributed by atoms with E-state index in [9.17, 15) is 13.2 Å². The normalized spacial score (nSPS) is 19.4. The van der Waals surface area contributed by atoms with Gasteiger partial charge >= 0.3 is 0 Å². The third kappa shape index (κ3) is 4.61. The van der Waals surface area contributed by atoms with Crippen LogP contribution in [0, 0.1) is 6.92 Å². The summed E-state index contributed by atoms with van der Waals surface area (Å²) in [5.74, 6) is 0.629. The molecular weight excluding hydrogens is 326 g/mol. The number of nitrogens with one attached hydrogen (secondary N) is 1. The van der Waals surface area contributed by atoms with Gasteiger partial charge in [-0.1, -0.05) is 11.6 Å². The number of carbonyl (C=O) groups excluding carboxylic acids is 1. The van der Waals surface area contributed by atoms with Crippen LogP contribution in [0.2, 0.25) is 5.02 Å². The van der Waals surface area contributed by atoms with Gasteiger partial charge in [0.2, 0.25) is 0 Å². The molecule has 0 saturated carbocycles. The summed E-state index contributed by atoms with van der Waals surface area (Å²) in [6.07, 6.45) is 0.264. The molecule has 1 amide bonds. The minimum atomic E-state index is -2.93. The van der Waals surface area contributed by atoms with Crippen LogP contribution in [0.25, 0.3) is 0 Å². The Morgan fingerprint density at radius 2 is 2.00 bits per heavy atom. The summed E-state index contributed by atoms with van der Waals surface area (Å²) in [7, 11) is -2.93. The summed E-state index contributed by atoms with van der Waals surface area (Å²) in [4.78, 5) is 12.1. The Labute approximate surface area is 135 Å². The van der Waals surface area contributed by atoms with Crippen LogP contribution in [0.3, 0.4) is 0 Å². The van der Waals surface area contributed by atoms with E-state index >= 15 is 0 Å². The monoisotopic (exact) mass is 345 g/mol. The summed E-state index contributed by atoms with van der Waals surface area (Å²) in [6.45, 7) is 3.53. The van der Waals surface area contributed by atoms with Crippen molar-refractivity contribution in [1.82, 2.24) is 5.32 Å². The maximum absolute atomic E-state index is 12.1. The molecule has 1 heterocycles. The summed E-state index contributed by atoms with van der Waals surface area (Å²) in [5, 5.41) is 3.47. The number of hydrogen-bond donors (Lipinski definition) is 1. The fourth-order valence-corrected chi connectivity index (χ4v) is 4.06. The molecule has 2 rings (SSSR count). The molecule has 1 aliphatic heterocycles. The third-order valence-corrected chi connectivity index (χ3v) is 5.66. The van der Waals surface area contributed by atoms with Crippen LogP contribution < -0.4 is 10.1 Å². The van der Waals surface area contributed by atoms with Crippen LogP contribution in [0.15, 0.2) is 18.2 Å². The molecule has 0 aromatic heterocycles. The minimum Gasteiger partial charge on any atom is -0.481 e. The van der Waals surface area contributed by atoms with Crippen LogP contribution >= 0.6 is 11.6 Å². The van der Waals surface area contributed by atoms with Crippen molar-refractivity contribution in [2.45, 2.75) is 38.8 Å². The van der Waals surface area contributed by atoms with Crippen LogP contribution in [0.1, 0.15) is 25.3 Å². The molecule has 1 unspecified atom stereocenters. The van der Waals surface area contributed by atoms with E-state index in [1.54, 1.807) is 25.1 Å². The molecule has 1 atom stereocenters. The zero-order valence-corrected chi connectivity index (χ0v) is 14.2. The van der Waals surface area contributed by atoms with Crippen LogP contribution in [0.4, 0.5) is 0 Å². The number of aryl methyl sites for hydroxylation is 1. The molecule has 0 radical (unpaired) electrons. The number of ether oxygens (including phenoxy) is 1. The van der Waals surface area contributed by atoms with Gasteiger partial charge in [-0.25, -0.2) is 8.42 Å². The predicted octanol–water partition coefficient (Wildman–Crippen LogP) is 2.11. The molecule has 1 saturated heterocycles. The van der Waals surface area contributed by atoms with E-state index < -0.39 is 15.9 Å². The summed E-state index contributed by atoms with van der Waals surface area (Å²) < 4.78 is 28.4. The van der Waals surface area contributed by atoms with Gasteiger partial charge in [0.05, 0.1) is 11.5 Å². The number of carbonyl (C=O) groups is 1. The van der Waals surface area contributed by atoms with Gasteiger partial charge in [-0.15, -0.1) is 0 Å². The molecule has 1 aromatic rings. The van der Waals surface area contributed by atoms with Crippen LogP contribution in [-0.4, -0.2) is 38.0 Å². The van der Waals surface area contributed by atoms with E-state index in [0.717, 1.165) is 5.56 Å². The fraction of sp³-hybridized carbons (Fsp3) is 0.533. The molecule has 7 heteroatoms.